The molecule has 0 aliphatic carbocycles. The number of aliphatic hydroxyl groups excluding tert-OH is 1. The number of aryl methyl sites for hydroxylation is 2. The second kappa shape index (κ2) is 7.75. The summed E-state index contributed by atoms with van der Waals surface area (Å²) in [5.41, 5.74) is 2.07. The molecule has 1 rings (SSSR count). The number of benzene rings is 1. The smallest absolute Gasteiger partial charge is 0.305 e. The number of ether oxygens (including phenoxy) is 1. The summed E-state index contributed by atoms with van der Waals surface area (Å²) < 4.78 is 5.27. The average molecular weight is 295 g/mol. The number of hydrogen-bond donors (Lipinski definition) is 3. The number of carbonyl (C=O) groups excluding carboxylic acids is 1. The molecule has 1 aromatic carbocycles. The van der Waals surface area contributed by atoms with Crippen molar-refractivity contribution in [3.8, 4) is 5.75 Å². The van der Waals surface area contributed by atoms with Crippen molar-refractivity contribution in [2.24, 2.45) is 0 Å². The van der Waals surface area contributed by atoms with Crippen LogP contribution in [0.15, 0.2) is 12.1 Å². The Bertz CT molecular complexity index is 527. The molecule has 1 aromatic rings. The number of hydrogen-bond acceptors (Lipinski definition) is 5. The first-order chi connectivity index (χ1) is 9.90. The first-order valence-corrected chi connectivity index (χ1v) is 6.66. The molecule has 0 fully saturated rings. The van der Waals surface area contributed by atoms with Gasteiger partial charge in [0.25, 0.3) is 0 Å². The molecular formula is C15H21NO5. The lowest BCUT2D eigenvalue weighted by molar-refractivity contribution is -0.137. The monoisotopic (exact) mass is 295 g/mol. The average Bonchev–Trinajstić information content (AvgIpc) is 2.41. The minimum Gasteiger partial charge on any atom is -0.496 e. The Kier molecular flexibility index (Phi) is 6.33. The lowest BCUT2D eigenvalue weighted by Gasteiger charge is -2.18. The van der Waals surface area contributed by atoms with Crippen molar-refractivity contribution in [3.05, 3.63) is 28.8 Å². The summed E-state index contributed by atoms with van der Waals surface area (Å²) in [5, 5.41) is 20.5. The molecule has 6 heteroatoms. The third kappa shape index (κ3) is 4.54. The SMILES string of the molecule is COc1c(C)cc(C)cc1C(=O)C(CC(=O)O)NCCO. The zero-order valence-electron chi connectivity index (χ0n) is 12.5. The molecule has 0 saturated carbocycles. The topological polar surface area (TPSA) is 95.9 Å². The summed E-state index contributed by atoms with van der Waals surface area (Å²) >= 11 is 0. The lowest BCUT2D eigenvalue weighted by atomic mass is 9.96. The molecule has 0 aliphatic rings. The van der Waals surface area contributed by atoms with Crippen LogP contribution >= 0.6 is 0 Å². The number of rotatable bonds is 8. The third-order valence-electron chi connectivity index (χ3n) is 3.09. The van der Waals surface area contributed by atoms with E-state index in [1.165, 1.54) is 7.11 Å². The largest absolute Gasteiger partial charge is 0.496 e. The molecule has 1 atom stereocenters. The van der Waals surface area contributed by atoms with E-state index in [1.54, 1.807) is 6.07 Å². The van der Waals surface area contributed by atoms with E-state index in [2.05, 4.69) is 5.32 Å². The third-order valence-corrected chi connectivity index (χ3v) is 3.09. The van der Waals surface area contributed by atoms with Crippen LogP contribution in [0.25, 0.3) is 0 Å². The molecule has 0 spiro atoms. The number of ketones is 1. The normalized spacial score (nSPS) is 12.0. The van der Waals surface area contributed by atoms with Gasteiger partial charge in [0, 0.05) is 6.54 Å². The molecule has 0 saturated heterocycles. The van der Waals surface area contributed by atoms with Gasteiger partial charge in [-0.25, -0.2) is 0 Å². The molecule has 21 heavy (non-hydrogen) atoms. The maximum atomic E-state index is 12.6. The van der Waals surface area contributed by atoms with Crippen LogP contribution < -0.4 is 10.1 Å². The van der Waals surface area contributed by atoms with Gasteiger partial charge in [-0.3, -0.25) is 9.59 Å². The summed E-state index contributed by atoms with van der Waals surface area (Å²) in [7, 11) is 1.47. The van der Waals surface area contributed by atoms with Gasteiger partial charge in [0.2, 0.25) is 0 Å². The van der Waals surface area contributed by atoms with Crippen LogP contribution in [0.1, 0.15) is 27.9 Å². The van der Waals surface area contributed by atoms with Crippen molar-refractivity contribution >= 4 is 11.8 Å². The van der Waals surface area contributed by atoms with Crippen LogP contribution in [-0.4, -0.2) is 48.3 Å². The van der Waals surface area contributed by atoms with E-state index in [1.807, 2.05) is 19.9 Å². The standard InChI is InChI=1S/C15H21NO5/c1-9-6-10(2)15(21-3)11(7-9)14(20)12(8-13(18)19)16-4-5-17/h6-7,12,16-17H,4-5,8H2,1-3H3,(H,18,19). The van der Waals surface area contributed by atoms with Gasteiger partial charge in [0.1, 0.15) is 5.75 Å². The van der Waals surface area contributed by atoms with Gasteiger partial charge in [-0.05, 0) is 31.0 Å². The first kappa shape index (κ1) is 17.1. The Hall–Kier alpha value is -1.92. The molecule has 0 heterocycles. The number of aliphatic hydroxyl groups is 1. The maximum absolute atomic E-state index is 12.6. The highest BCUT2D eigenvalue weighted by atomic mass is 16.5. The quantitative estimate of drug-likeness (QED) is 0.617. The number of aliphatic carboxylic acids is 1. The number of carbonyl (C=O) groups is 2. The lowest BCUT2D eigenvalue weighted by Crippen LogP contribution is -2.40. The van der Waals surface area contributed by atoms with E-state index in [-0.39, 0.29) is 25.4 Å². The minimum atomic E-state index is -1.08. The Morgan fingerprint density at radius 1 is 1.33 bits per heavy atom. The van der Waals surface area contributed by atoms with E-state index in [0.29, 0.717) is 11.3 Å². The van der Waals surface area contributed by atoms with E-state index in [4.69, 9.17) is 14.9 Å². The molecule has 0 bridgehead atoms. The molecule has 0 aliphatic heterocycles. The van der Waals surface area contributed by atoms with Crippen LogP contribution in [0.3, 0.4) is 0 Å². The zero-order chi connectivity index (χ0) is 16.0. The van der Waals surface area contributed by atoms with Crippen molar-refractivity contribution in [1.82, 2.24) is 5.32 Å². The molecule has 0 amide bonds. The Labute approximate surface area is 123 Å². The minimum absolute atomic E-state index is 0.150. The van der Waals surface area contributed by atoms with Gasteiger partial charge in [-0.1, -0.05) is 6.07 Å². The van der Waals surface area contributed by atoms with Crippen molar-refractivity contribution in [2.45, 2.75) is 26.3 Å². The Morgan fingerprint density at radius 3 is 2.52 bits per heavy atom. The van der Waals surface area contributed by atoms with Gasteiger partial charge in [-0.15, -0.1) is 0 Å². The summed E-state index contributed by atoms with van der Waals surface area (Å²) in [4.78, 5) is 23.5. The van der Waals surface area contributed by atoms with Crippen LogP contribution in [0.2, 0.25) is 0 Å². The second-order valence-corrected chi connectivity index (χ2v) is 4.86. The number of nitrogens with one attached hydrogen (secondary N) is 1. The summed E-state index contributed by atoms with van der Waals surface area (Å²) in [6, 6.07) is 2.68. The van der Waals surface area contributed by atoms with Crippen LogP contribution in [0.5, 0.6) is 5.75 Å². The van der Waals surface area contributed by atoms with E-state index < -0.39 is 12.0 Å². The summed E-state index contributed by atoms with van der Waals surface area (Å²) in [6.45, 7) is 3.66. The second-order valence-electron chi connectivity index (χ2n) is 4.86. The fourth-order valence-electron chi connectivity index (χ4n) is 2.27. The fourth-order valence-corrected chi connectivity index (χ4v) is 2.27. The van der Waals surface area contributed by atoms with Crippen LogP contribution in [0.4, 0.5) is 0 Å². The maximum Gasteiger partial charge on any atom is 0.305 e. The molecule has 116 valence electrons. The molecule has 0 aromatic heterocycles. The Balaban J connectivity index is 3.15. The van der Waals surface area contributed by atoms with Gasteiger partial charge in [0.05, 0.1) is 31.7 Å². The van der Waals surface area contributed by atoms with Gasteiger partial charge >= 0.3 is 5.97 Å². The molecule has 6 nitrogen and oxygen atoms in total. The molecular weight excluding hydrogens is 274 g/mol. The highest BCUT2D eigenvalue weighted by Gasteiger charge is 2.25. The molecule has 0 radical (unpaired) electrons. The first-order valence-electron chi connectivity index (χ1n) is 6.66. The summed E-state index contributed by atoms with van der Waals surface area (Å²) in [5.74, 6) is -0.983. The van der Waals surface area contributed by atoms with E-state index >= 15 is 0 Å². The van der Waals surface area contributed by atoms with E-state index in [0.717, 1.165) is 11.1 Å². The fraction of sp³-hybridized carbons (Fsp3) is 0.467. The number of Topliss-reactive ketones (excluding diaryl/α,β-unsaturated/α-hetero) is 1. The predicted molar refractivity (Wildman–Crippen MR) is 77.9 cm³/mol. The highest BCUT2D eigenvalue weighted by molar-refractivity contribution is 6.04. The molecule has 3 N–H and O–H groups in total. The summed E-state index contributed by atoms with van der Waals surface area (Å²) in [6.07, 6.45) is -0.352. The van der Waals surface area contributed by atoms with Crippen molar-refractivity contribution in [2.75, 3.05) is 20.3 Å². The number of methoxy groups -OCH3 is 1. The molecule has 1 unspecified atom stereocenters. The predicted octanol–water partition coefficient (Wildman–Crippen LogP) is 0.920. The van der Waals surface area contributed by atoms with Crippen LogP contribution in [0, 0.1) is 13.8 Å². The highest BCUT2D eigenvalue weighted by Crippen LogP contribution is 2.26. The number of carboxylic acid groups (broad SMARTS) is 1. The van der Waals surface area contributed by atoms with Gasteiger partial charge < -0.3 is 20.3 Å². The van der Waals surface area contributed by atoms with Gasteiger partial charge in [-0.2, -0.15) is 0 Å². The van der Waals surface area contributed by atoms with Gasteiger partial charge in [0.15, 0.2) is 5.78 Å². The van der Waals surface area contributed by atoms with Crippen molar-refractivity contribution in [1.29, 1.82) is 0 Å². The Morgan fingerprint density at radius 2 is 2.00 bits per heavy atom. The number of carboxylic acids is 1. The zero-order valence-corrected chi connectivity index (χ0v) is 12.5. The van der Waals surface area contributed by atoms with Crippen molar-refractivity contribution < 1.29 is 24.5 Å². The van der Waals surface area contributed by atoms with Crippen LogP contribution in [-0.2, 0) is 4.79 Å². The van der Waals surface area contributed by atoms with E-state index in [9.17, 15) is 9.59 Å². The van der Waals surface area contributed by atoms with Crippen molar-refractivity contribution in [3.63, 3.8) is 0 Å².